The van der Waals surface area contributed by atoms with Gasteiger partial charge in [0, 0.05) is 22.8 Å². The van der Waals surface area contributed by atoms with Crippen molar-refractivity contribution in [1.82, 2.24) is 4.98 Å². The standard InChI is InChI=1S/C14H8Cl2F3NO2/c15-6-12(21)10-7-20-13(5-11(10)14(17,18)19)22-9-3-1-8(16)2-4-9/h1-5,7H,6H2. The van der Waals surface area contributed by atoms with Crippen molar-refractivity contribution < 1.29 is 22.7 Å². The first-order valence-electron chi connectivity index (χ1n) is 5.91. The minimum atomic E-state index is -4.72. The maximum absolute atomic E-state index is 13.0. The summed E-state index contributed by atoms with van der Waals surface area (Å²) in [6.07, 6.45) is -3.92. The number of rotatable bonds is 4. The SMILES string of the molecule is O=C(CCl)c1cnc(Oc2ccc(Cl)cc2)cc1C(F)(F)F. The number of ether oxygens (including phenoxy) is 1. The summed E-state index contributed by atoms with van der Waals surface area (Å²) in [4.78, 5) is 15.2. The predicted octanol–water partition coefficient (Wildman–Crippen LogP) is 4.97. The summed E-state index contributed by atoms with van der Waals surface area (Å²) in [7, 11) is 0. The number of carbonyl (C=O) groups is 1. The summed E-state index contributed by atoms with van der Waals surface area (Å²) in [5.41, 5.74) is -1.73. The molecule has 116 valence electrons. The number of ketones is 1. The maximum atomic E-state index is 13.0. The lowest BCUT2D eigenvalue weighted by molar-refractivity contribution is -0.138. The highest BCUT2D eigenvalue weighted by molar-refractivity contribution is 6.31. The number of pyridine rings is 1. The third-order valence-electron chi connectivity index (χ3n) is 2.64. The van der Waals surface area contributed by atoms with E-state index >= 15 is 0 Å². The lowest BCUT2D eigenvalue weighted by Gasteiger charge is -2.13. The van der Waals surface area contributed by atoms with E-state index in [9.17, 15) is 18.0 Å². The van der Waals surface area contributed by atoms with Crippen LogP contribution in [0.1, 0.15) is 15.9 Å². The lowest BCUT2D eigenvalue weighted by atomic mass is 10.1. The highest BCUT2D eigenvalue weighted by Gasteiger charge is 2.36. The molecule has 0 radical (unpaired) electrons. The van der Waals surface area contributed by atoms with Crippen LogP contribution in [0.4, 0.5) is 13.2 Å². The van der Waals surface area contributed by atoms with Gasteiger partial charge in [-0.25, -0.2) is 4.98 Å². The molecular weight excluding hydrogens is 342 g/mol. The van der Waals surface area contributed by atoms with Crippen LogP contribution in [-0.4, -0.2) is 16.6 Å². The molecule has 0 N–H and O–H groups in total. The van der Waals surface area contributed by atoms with E-state index in [1.807, 2.05) is 0 Å². The molecule has 0 fully saturated rings. The summed E-state index contributed by atoms with van der Waals surface area (Å²) in [5.74, 6) is -1.45. The quantitative estimate of drug-likeness (QED) is 0.577. The minimum absolute atomic E-state index is 0.265. The highest BCUT2D eigenvalue weighted by atomic mass is 35.5. The van der Waals surface area contributed by atoms with Crippen molar-refractivity contribution in [2.45, 2.75) is 6.18 Å². The fourth-order valence-electron chi connectivity index (χ4n) is 1.64. The molecule has 1 heterocycles. The first-order chi connectivity index (χ1) is 10.3. The van der Waals surface area contributed by atoms with Gasteiger partial charge in [0.1, 0.15) is 5.75 Å². The average molecular weight is 350 g/mol. The van der Waals surface area contributed by atoms with Gasteiger partial charge in [0.15, 0.2) is 5.78 Å². The van der Waals surface area contributed by atoms with Crippen molar-refractivity contribution in [2.75, 3.05) is 5.88 Å². The van der Waals surface area contributed by atoms with Crippen molar-refractivity contribution >= 4 is 29.0 Å². The third-order valence-corrected chi connectivity index (χ3v) is 3.14. The molecule has 0 unspecified atom stereocenters. The molecule has 0 aliphatic carbocycles. The molecule has 0 saturated heterocycles. The molecule has 0 aliphatic heterocycles. The Morgan fingerprint density at radius 1 is 1.23 bits per heavy atom. The van der Waals surface area contributed by atoms with Crippen molar-refractivity contribution in [2.24, 2.45) is 0 Å². The Hall–Kier alpha value is -1.79. The number of alkyl halides is 4. The van der Waals surface area contributed by atoms with Gasteiger partial charge in [-0.1, -0.05) is 11.6 Å². The Balaban J connectivity index is 2.38. The number of Topliss-reactive ketones (excluding diaryl/α,β-unsaturated/α-hetero) is 1. The third kappa shape index (κ3) is 3.90. The van der Waals surface area contributed by atoms with E-state index in [1.54, 1.807) is 0 Å². The molecule has 1 aromatic carbocycles. The van der Waals surface area contributed by atoms with Gasteiger partial charge >= 0.3 is 6.18 Å². The largest absolute Gasteiger partial charge is 0.439 e. The molecule has 0 amide bonds. The molecule has 2 aromatic rings. The van der Waals surface area contributed by atoms with Gasteiger partial charge in [-0.05, 0) is 24.3 Å². The van der Waals surface area contributed by atoms with E-state index in [2.05, 4.69) is 4.98 Å². The number of hydrogen-bond acceptors (Lipinski definition) is 3. The number of aromatic nitrogens is 1. The van der Waals surface area contributed by atoms with Crippen molar-refractivity contribution in [1.29, 1.82) is 0 Å². The Labute approximate surface area is 133 Å². The van der Waals surface area contributed by atoms with E-state index in [0.717, 1.165) is 6.20 Å². The second kappa shape index (κ2) is 6.54. The molecule has 22 heavy (non-hydrogen) atoms. The van der Waals surface area contributed by atoms with Gasteiger partial charge in [-0.3, -0.25) is 4.79 Å². The number of halogens is 5. The molecule has 8 heteroatoms. The van der Waals surface area contributed by atoms with Crippen LogP contribution in [0, 0.1) is 0 Å². The van der Waals surface area contributed by atoms with Crippen LogP contribution in [0.2, 0.25) is 5.02 Å². The summed E-state index contributed by atoms with van der Waals surface area (Å²) in [5, 5.41) is 0.458. The van der Waals surface area contributed by atoms with Gasteiger partial charge in [0.2, 0.25) is 5.88 Å². The van der Waals surface area contributed by atoms with Gasteiger partial charge in [-0.15, -0.1) is 11.6 Å². The molecule has 0 atom stereocenters. The van der Waals surface area contributed by atoms with Gasteiger partial charge in [0.25, 0.3) is 0 Å². The van der Waals surface area contributed by atoms with Crippen molar-refractivity contribution in [3.63, 3.8) is 0 Å². The van der Waals surface area contributed by atoms with Gasteiger partial charge < -0.3 is 4.74 Å². The monoisotopic (exact) mass is 349 g/mol. The van der Waals surface area contributed by atoms with Crippen LogP contribution in [0.5, 0.6) is 11.6 Å². The van der Waals surface area contributed by atoms with Crippen molar-refractivity contribution in [3.8, 4) is 11.6 Å². The minimum Gasteiger partial charge on any atom is -0.439 e. The van der Waals surface area contributed by atoms with Crippen LogP contribution < -0.4 is 4.74 Å². The Morgan fingerprint density at radius 3 is 2.41 bits per heavy atom. The number of benzene rings is 1. The summed E-state index contributed by atoms with van der Waals surface area (Å²) in [6.45, 7) is 0. The number of hydrogen-bond donors (Lipinski definition) is 0. The maximum Gasteiger partial charge on any atom is 0.417 e. The highest BCUT2D eigenvalue weighted by Crippen LogP contribution is 2.34. The van der Waals surface area contributed by atoms with Crippen molar-refractivity contribution in [3.05, 3.63) is 52.7 Å². The summed E-state index contributed by atoms with van der Waals surface area (Å²) >= 11 is 11.0. The lowest BCUT2D eigenvalue weighted by Crippen LogP contribution is -2.14. The van der Waals surface area contributed by atoms with Crippen LogP contribution >= 0.6 is 23.2 Å². The number of carbonyl (C=O) groups excluding carboxylic acids is 1. The molecule has 0 saturated carbocycles. The number of nitrogens with zero attached hydrogens (tertiary/aromatic N) is 1. The van der Waals surface area contributed by atoms with Crippen LogP contribution in [0.25, 0.3) is 0 Å². The smallest absolute Gasteiger partial charge is 0.417 e. The molecule has 3 nitrogen and oxygen atoms in total. The van der Waals surface area contributed by atoms with Crippen LogP contribution in [-0.2, 0) is 6.18 Å². The van der Waals surface area contributed by atoms with E-state index < -0.39 is 29.0 Å². The Bertz CT molecular complexity index is 687. The Kier molecular flexibility index (Phi) is 4.93. The second-order valence-electron chi connectivity index (χ2n) is 4.18. The normalized spacial score (nSPS) is 11.3. The first kappa shape index (κ1) is 16.6. The zero-order valence-electron chi connectivity index (χ0n) is 10.8. The van der Waals surface area contributed by atoms with E-state index in [4.69, 9.17) is 27.9 Å². The second-order valence-corrected chi connectivity index (χ2v) is 4.88. The fraction of sp³-hybridized carbons (Fsp3) is 0.143. The zero-order chi connectivity index (χ0) is 16.3. The van der Waals surface area contributed by atoms with Gasteiger partial charge in [-0.2, -0.15) is 13.2 Å². The first-order valence-corrected chi connectivity index (χ1v) is 6.82. The molecule has 0 bridgehead atoms. The van der Waals surface area contributed by atoms with E-state index in [1.165, 1.54) is 24.3 Å². The molecule has 1 aromatic heterocycles. The topological polar surface area (TPSA) is 39.2 Å². The van der Waals surface area contributed by atoms with Crippen LogP contribution in [0.15, 0.2) is 36.5 Å². The summed E-state index contributed by atoms with van der Waals surface area (Å²) in [6, 6.07) is 6.67. The van der Waals surface area contributed by atoms with Gasteiger partial charge in [0.05, 0.1) is 11.4 Å². The molecule has 0 aliphatic rings. The Morgan fingerprint density at radius 2 is 1.86 bits per heavy atom. The fourth-order valence-corrected chi connectivity index (χ4v) is 1.91. The van der Waals surface area contributed by atoms with Crippen LogP contribution in [0.3, 0.4) is 0 Å². The molecular formula is C14H8Cl2F3NO2. The van der Waals surface area contributed by atoms with E-state index in [0.29, 0.717) is 11.1 Å². The predicted molar refractivity (Wildman–Crippen MR) is 75.8 cm³/mol. The van der Waals surface area contributed by atoms with E-state index in [-0.39, 0.29) is 11.6 Å². The zero-order valence-corrected chi connectivity index (χ0v) is 12.3. The summed E-state index contributed by atoms with van der Waals surface area (Å²) < 4.78 is 44.3. The molecule has 0 spiro atoms. The average Bonchev–Trinajstić information content (AvgIpc) is 2.48. The molecule has 2 rings (SSSR count).